The first-order valence-electron chi connectivity index (χ1n) is 8.18. The maximum Gasteiger partial charge on any atom is 0.425 e. The van der Waals surface area contributed by atoms with Crippen molar-refractivity contribution in [3.63, 3.8) is 0 Å². The van der Waals surface area contributed by atoms with Gasteiger partial charge >= 0.3 is 12.4 Å². The highest BCUT2D eigenvalue weighted by atomic mass is 19.4. The number of nitriles is 1. The van der Waals surface area contributed by atoms with Gasteiger partial charge in [0.1, 0.15) is 0 Å². The van der Waals surface area contributed by atoms with E-state index in [1.807, 2.05) is 0 Å². The Bertz CT molecular complexity index is 564. The number of rotatable bonds is 5. The van der Waals surface area contributed by atoms with Crippen LogP contribution < -0.4 is 11.1 Å². The molecule has 1 rings (SSSR count). The molecule has 26 heavy (non-hydrogen) atoms. The molecule has 10 heteroatoms. The Labute approximate surface area is 147 Å². The average molecular weight is 385 g/mol. The predicted octanol–water partition coefficient (Wildman–Crippen LogP) is 4.08. The summed E-state index contributed by atoms with van der Waals surface area (Å²) in [5.41, 5.74) is -2.46. The van der Waals surface area contributed by atoms with E-state index in [1.165, 1.54) is 0 Å². The monoisotopic (exact) mass is 385 g/mol. The van der Waals surface area contributed by atoms with Crippen LogP contribution >= 0.6 is 0 Å². The second-order valence-electron chi connectivity index (χ2n) is 6.51. The lowest BCUT2D eigenvalue weighted by Crippen LogP contribution is -2.68. The Morgan fingerprint density at radius 2 is 1.62 bits per heavy atom. The van der Waals surface area contributed by atoms with Crippen LogP contribution in [-0.2, 0) is 4.79 Å². The van der Waals surface area contributed by atoms with E-state index in [1.54, 1.807) is 0 Å². The van der Waals surface area contributed by atoms with Gasteiger partial charge in [-0.2, -0.15) is 31.6 Å². The van der Waals surface area contributed by atoms with Gasteiger partial charge in [0, 0.05) is 12.1 Å². The molecular weight excluding hydrogens is 364 g/mol. The Morgan fingerprint density at radius 1 is 1.12 bits per heavy atom. The Morgan fingerprint density at radius 3 is 2.00 bits per heavy atom. The Kier molecular flexibility index (Phi) is 6.96. The quantitative estimate of drug-likeness (QED) is 0.553. The van der Waals surface area contributed by atoms with E-state index >= 15 is 0 Å². The topological polar surface area (TPSA) is 78.9 Å². The summed E-state index contributed by atoms with van der Waals surface area (Å²) in [7, 11) is 0. The average Bonchev–Trinajstić information content (AvgIpc) is 2.51. The number of amides is 1. The van der Waals surface area contributed by atoms with Crippen molar-refractivity contribution in [1.82, 2.24) is 5.32 Å². The zero-order valence-corrected chi connectivity index (χ0v) is 14.2. The van der Waals surface area contributed by atoms with Gasteiger partial charge in [-0.3, -0.25) is 4.79 Å². The third-order valence-electron chi connectivity index (χ3n) is 4.56. The third kappa shape index (κ3) is 4.62. The minimum atomic E-state index is -5.99. The molecule has 0 saturated heterocycles. The molecule has 1 aliphatic rings. The normalized spacial score (nSPS) is 18.1. The van der Waals surface area contributed by atoms with Gasteiger partial charge in [0.15, 0.2) is 0 Å². The second kappa shape index (κ2) is 8.18. The molecule has 0 atom stereocenters. The summed E-state index contributed by atoms with van der Waals surface area (Å²) in [6.45, 7) is 0.749. The molecule has 0 radical (unpaired) electrons. The molecule has 1 aliphatic carbocycles. The maximum absolute atomic E-state index is 13.4. The zero-order chi connectivity index (χ0) is 20.2. The Balaban J connectivity index is 3.15. The van der Waals surface area contributed by atoms with Gasteiger partial charge < -0.3 is 11.1 Å². The number of hydrogen-bond acceptors (Lipinski definition) is 3. The highest BCUT2D eigenvalue weighted by Gasteiger charge is 2.74. The fourth-order valence-corrected chi connectivity index (χ4v) is 3.20. The molecule has 0 spiro atoms. The van der Waals surface area contributed by atoms with Crippen LogP contribution in [0.2, 0.25) is 0 Å². The van der Waals surface area contributed by atoms with Crippen LogP contribution in [0.3, 0.4) is 0 Å². The van der Waals surface area contributed by atoms with Gasteiger partial charge in [-0.05, 0) is 19.3 Å². The highest BCUT2D eigenvalue weighted by molar-refractivity contribution is 5.78. The fourth-order valence-electron chi connectivity index (χ4n) is 3.20. The molecule has 0 aliphatic heterocycles. The maximum atomic E-state index is 13.4. The number of carbonyl (C=O) groups excluding carboxylic acids is 1. The van der Waals surface area contributed by atoms with Gasteiger partial charge in [0.2, 0.25) is 5.91 Å². The van der Waals surface area contributed by atoms with E-state index in [4.69, 9.17) is 11.0 Å². The van der Waals surface area contributed by atoms with Gasteiger partial charge in [0.25, 0.3) is 5.54 Å². The van der Waals surface area contributed by atoms with Crippen molar-refractivity contribution in [2.45, 2.75) is 69.8 Å². The van der Waals surface area contributed by atoms with Crippen LogP contribution in [0.5, 0.6) is 0 Å². The smallest absolute Gasteiger partial charge is 0.401 e. The summed E-state index contributed by atoms with van der Waals surface area (Å²) in [6.07, 6.45) is -7.80. The first-order valence-corrected chi connectivity index (χ1v) is 8.18. The minimum Gasteiger partial charge on any atom is -0.401 e. The summed E-state index contributed by atoms with van der Waals surface area (Å²) in [5.74, 6) is -1.32. The van der Waals surface area contributed by atoms with E-state index in [0.29, 0.717) is 0 Å². The van der Waals surface area contributed by atoms with Crippen LogP contribution in [0.4, 0.5) is 26.3 Å². The molecule has 3 N–H and O–H groups in total. The second-order valence-corrected chi connectivity index (χ2v) is 6.51. The van der Waals surface area contributed by atoms with Crippen molar-refractivity contribution >= 4 is 5.91 Å². The molecule has 0 aromatic heterocycles. The Hall–Kier alpha value is -1.92. The van der Waals surface area contributed by atoms with Crippen LogP contribution in [-0.4, -0.2) is 23.8 Å². The number of alkyl halides is 6. The molecule has 0 aromatic rings. The number of nitrogens with zero attached hydrogens (tertiary/aromatic N) is 1. The molecule has 1 saturated carbocycles. The van der Waals surface area contributed by atoms with E-state index in [-0.39, 0.29) is 12.3 Å². The van der Waals surface area contributed by atoms with E-state index in [2.05, 4.69) is 0 Å². The minimum absolute atomic E-state index is 0.0999. The van der Waals surface area contributed by atoms with Crippen molar-refractivity contribution in [2.24, 2.45) is 11.7 Å². The largest absolute Gasteiger partial charge is 0.425 e. The predicted molar refractivity (Wildman–Crippen MR) is 81.3 cm³/mol. The number of nitrogens with one attached hydrogen (secondary N) is 1. The summed E-state index contributed by atoms with van der Waals surface area (Å²) in [6, 6.07) is 0.866. The van der Waals surface area contributed by atoms with Crippen molar-refractivity contribution < 1.29 is 31.1 Å². The molecule has 0 bridgehead atoms. The van der Waals surface area contributed by atoms with Crippen molar-refractivity contribution in [1.29, 1.82) is 5.26 Å². The lowest BCUT2D eigenvalue weighted by atomic mass is 9.85. The summed E-state index contributed by atoms with van der Waals surface area (Å²) >= 11 is 0. The molecule has 0 aromatic carbocycles. The summed E-state index contributed by atoms with van der Waals surface area (Å²) in [4.78, 5) is 12.0. The van der Waals surface area contributed by atoms with Gasteiger partial charge in [-0.25, -0.2) is 0 Å². The van der Waals surface area contributed by atoms with Crippen LogP contribution in [0, 0.1) is 17.2 Å². The van der Waals surface area contributed by atoms with Crippen LogP contribution in [0.1, 0.15) is 51.9 Å². The molecule has 1 amide bonds. The van der Waals surface area contributed by atoms with E-state index in [9.17, 15) is 31.1 Å². The number of carbonyl (C=O) groups is 1. The molecule has 0 heterocycles. The van der Waals surface area contributed by atoms with Gasteiger partial charge in [0.05, 0.1) is 11.6 Å². The highest BCUT2D eigenvalue weighted by Crippen LogP contribution is 2.48. The zero-order valence-electron chi connectivity index (χ0n) is 14.2. The molecule has 0 unspecified atom stereocenters. The lowest BCUT2D eigenvalue weighted by molar-refractivity contribution is -0.291. The molecule has 1 fully saturated rings. The molecular formula is C16H21F6N3O. The number of nitrogens with two attached hydrogens (primary N) is 1. The lowest BCUT2D eigenvalue weighted by Gasteiger charge is -2.38. The van der Waals surface area contributed by atoms with E-state index < -0.39 is 41.5 Å². The third-order valence-corrected chi connectivity index (χ3v) is 4.56. The molecule has 148 valence electrons. The van der Waals surface area contributed by atoms with Crippen molar-refractivity contribution in [3.8, 4) is 6.07 Å². The SMILES string of the molecule is CC(N)=C(C#N)C(NC(=O)CCC1CCCCC1)(C(F)(F)F)C(F)(F)F. The van der Waals surface area contributed by atoms with Crippen molar-refractivity contribution in [3.05, 3.63) is 11.3 Å². The van der Waals surface area contributed by atoms with Gasteiger partial charge in [-0.15, -0.1) is 0 Å². The van der Waals surface area contributed by atoms with Crippen LogP contribution in [0.25, 0.3) is 0 Å². The first-order chi connectivity index (χ1) is 11.9. The summed E-state index contributed by atoms with van der Waals surface area (Å²) < 4.78 is 80.7. The number of hydrogen-bond donors (Lipinski definition) is 2. The van der Waals surface area contributed by atoms with Crippen LogP contribution in [0.15, 0.2) is 11.3 Å². The van der Waals surface area contributed by atoms with Crippen molar-refractivity contribution in [2.75, 3.05) is 0 Å². The van der Waals surface area contributed by atoms with E-state index in [0.717, 1.165) is 50.4 Å². The van der Waals surface area contributed by atoms with Gasteiger partial charge in [-0.1, -0.05) is 32.1 Å². The standard InChI is InChI=1S/C16H21F6N3O/c1-10(24)12(9-23)14(15(17,18)19,16(20,21)22)25-13(26)8-7-11-5-3-2-4-6-11/h11H,2-8,24H2,1H3,(H,25,26). The fraction of sp³-hybridized carbons (Fsp3) is 0.750. The molecule has 4 nitrogen and oxygen atoms in total. The number of halogens is 6. The number of allylic oxidation sites excluding steroid dienone is 1. The summed E-state index contributed by atoms with van der Waals surface area (Å²) in [5, 5.41) is 9.90. The first kappa shape index (κ1) is 22.1.